The van der Waals surface area contributed by atoms with Crippen molar-refractivity contribution in [2.75, 3.05) is 19.8 Å². The molecule has 0 aliphatic heterocycles. The molecular weight excluding hydrogens is 504 g/mol. The lowest BCUT2D eigenvalue weighted by Gasteiger charge is -2.27. The maximum Gasteiger partial charge on any atom is 0.191 e. The Hall–Kier alpha value is -1.68. The van der Waals surface area contributed by atoms with E-state index in [-0.39, 0.29) is 35.2 Å². The van der Waals surface area contributed by atoms with Crippen molar-refractivity contribution in [3.8, 4) is 0 Å². The van der Waals surface area contributed by atoms with Crippen LogP contribution in [0.3, 0.4) is 0 Å². The van der Waals surface area contributed by atoms with E-state index in [0.717, 1.165) is 16.7 Å². The summed E-state index contributed by atoms with van der Waals surface area (Å²) in [6.45, 7) is 7.08. The number of halogens is 2. The summed E-state index contributed by atoms with van der Waals surface area (Å²) in [7, 11) is -1.53. The van der Waals surface area contributed by atoms with Gasteiger partial charge in [0.2, 0.25) is 0 Å². The molecule has 0 spiro atoms. The van der Waals surface area contributed by atoms with Gasteiger partial charge in [-0.05, 0) is 41.8 Å². The van der Waals surface area contributed by atoms with Gasteiger partial charge in [-0.3, -0.25) is 4.99 Å². The Bertz CT molecular complexity index is 958. The second-order valence-electron chi connectivity index (χ2n) is 7.54. The monoisotopic (exact) mass is 533 g/mol. The summed E-state index contributed by atoms with van der Waals surface area (Å²) in [5.41, 5.74) is 2.51. The summed E-state index contributed by atoms with van der Waals surface area (Å²) in [4.78, 5) is 4.58. The first-order valence-corrected chi connectivity index (χ1v) is 10.9. The number of nitrogens with one attached hydrogen (secondary N) is 2. The first kappa shape index (κ1) is 25.4. The van der Waals surface area contributed by atoms with Crippen LogP contribution in [-0.4, -0.2) is 34.2 Å². The first-order valence-electron chi connectivity index (χ1n) is 9.03. The highest BCUT2D eigenvalue weighted by molar-refractivity contribution is 14.0. The van der Waals surface area contributed by atoms with E-state index in [9.17, 15) is 12.8 Å². The number of benzene rings is 2. The minimum absolute atomic E-state index is 0. The summed E-state index contributed by atoms with van der Waals surface area (Å²) < 4.78 is 36.6. The van der Waals surface area contributed by atoms with Crippen molar-refractivity contribution < 1.29 is 12.8 Å². The maximum atomic E-state index is 13.1. The van der Waals surface area contributed by atoms with E-state index in [4.69, 9.17) is 0 Å². The van der Waals surface area contributed by atoms with Crippen molar-refractivity contribution in [1.29, 1.82) is 0 Å². The molecule has 0 saturated carbocycles. The van der Waals surface area contributed by atoms with Crippen molar-refractivity contribution in [3.63, 3.8) is 0 Å². The van der Waals surface area contributed by atoms with Crippen LogP contribution in [0.15, 0.2) is 52.4 Å². The molecule has 0 heterocycles. The summed E-state index contributed by atoms with van der Waals surface area (Å²) in [5.74, 6) is 0.391. The van der Waals surface area contributed by atoms with Gasteiger partial charge in [-0.15, -0.1) is 24.0 Å². The molecule has 0 fully saturated rings. The Morgan fingerprint density at radius 3 is 2.24 bits per heavy atom. The molecule has 2 aromatic rings. The Labute approximate surface area is 190 Å². The van der Waals surface area contributed by atoms with E-state index in [0.29, 0.717) is 23.9 Å². The van der Waals surface area contributed by atoms with Gasteiger partial charge in [0.05, 0.1) is 4.90 Å². The number of sulfone groups is 1. The van der Waals surface area contributed by atoms with E-state index in [1.807, 2.05) is 6.07 Å². The molecule has 8 heteroatoms. The third-order valence-electron chi connectivity index (χ3n) is 4.65. The Balaban J connectivity index is 0.00000420. The topological polar surface area (TPSA) is 70.6 Å². The van der Waals surface area contributed by atoms with Crippen LogP contribution in [0.2, 0.25) is 0 Å². The van der Waals surface area contributed by atoms with Gasteiger partial charge in [0, 0.05) is 31.8 Å². The number of guanidine groups is 1. The molecule has 0 aliphatic rings. The molecule has 0 aromatic heterocycles. The zero-order chi connectivity index (χ0) is 20.9. The number of hydrogen-bond acceptors (Lipinski definition) is 3. The molecule has 0 bridgehead atoms. The van der Waals surface area contributed by atoms with Gasteiger partial charge in [-0.25, -0.2) is 12.8 Å². The van der Waals surface area contributed by atoms with Crippen LogP contribution in [-0.2, 0) is 21.8 Å². The molecule has 2 rings (SSSR count). The molecule has 0 radical (unpaired) electrons. The van der Waals surface area contributed by atoms with Crippen molar-refractivity contribution in [1.82, 2.24) is 10.6 Å². The molecule has 0 amide bonds. The molecule has 2 N–H and O–H groups in total. The smallest absolute Gasteiger partial charge is 0.191 e. The van der Waals surface area contributed by atoms with Crippen molar-refractivity contribution in [3.05, 3.63) is 65.0 Å². The number of aryl methyl sites for hydroxylation is 1. The SMILES string of the molecule is CN=C(NCc1ccc(S(C)(=O)=O)c(C)c1)NCC(C)(C)c1ccc(F)cc1.I. The van der Waals surface area contributed by atoms with E-state index in [1.165, 1.54) is 18.4 Å². The van der Waals surface area contributed by atoms with Crippen LogP contribution in [0.4, 0.5) is 4.39 Å². The Morgan fingerprint density at radius 1 is 1.10 bits per heavy atom. The lowest BCUT2D eigenvalue weighted by molar-refractivity contribution is 0.507. The van der Waals surface area contributed by atoms with Crippen LogP contribution in [0.25, 0.3) is 0 Å². The third kappa shape index (κ3) is 7.26. The van der Waals surface area contributed by atoms with Crippen molar-refractivity contribution in [2.45, 2.75) is 37.6 Å². The van der Waals surface area contributed by atoms with Crippen molar-refractivity contribution in [2.24, 2.45) is 4.99 Å². The predicted molar refractivity (Wildman–Crippen MR) is 127 cm³/mol. The van der Waals surface area contributed by atoms with Crippen LogP contribution in [0, 0.1) is 12.7 Å². The lowest BCUT2D eigenvalue weighted by Crippen LogP contribution is -2.43. The quantitative estimate of drug-likeness (QED) is 0.337. The Kier molecular flexibility index (Phi) is 9.08. The van der Waals surface area contributed by atoms with Gasteiger partial charge >= 0.3 is 0 Å². The van der Waals surface area contributed by atoms with Gasteiger partial charge in [-0.1, -0.05) is 38.1 Å². The van der Waals surface area contributed by atoms with Crippen molar-refractivity contribution >= 4 is 39.8 Å². The van der Waals surface area contributed by atoms with E-state index < -0.39 is 9.84 Å². The van der Waals surface area contributed by atoms with E-state index in [2.05, 4.69) is 29.5 Å². The first-order chi connectivity index (χ1) is 13.0. The van der Waals surface area contributed by atoms with Gasteiger partial charge in [0.15, 0.2) is 15.8 Å². The summed E-state index contributed by atoms with van der Waals surface area (Å²) in [5, 5.41) is 6.53. The highest BCUT2D eigenvalue weighted by Crippen LogP contribution is 2.22. The maximum absolute atomic E-state index is 13.1. The highest BCUT2D eigenvalue weighted by Gasteiger charge is 2.21. The average Bonchev–Trinajstić information content (AvgIpc) is 2.61. The largest absolute Gasteiger partial charge is 0.356 e. The molecule has 0 saturated heterocycles. The molecule has 0 aliphatic carbocycles. The fraction of sp³-hybridized carbons (Fsp3) is 0.381. The standard InChI is InChI=1S/C21H28FN3O2S.HI/c1-15-12-16(6-11-19(15)28(5,26)27)13-24-20(23-4)25-14-21(2,3)17-7-9-18(22)10-8-17;/h6-12H,13-14H2,1-5H3,(H2,23,24,25);1H. The van der Waals surface area contributed by atoms with Crippen LogP contribution >= 0.6 is 24.0 Å². The van der Waals surface area contributed by atoms with Gasteiger partial charge in [0.25, 0.3) is 0 Å². The normalized spacial score (nSPS) is 12.3. The number of rotatable bonds is 6. The van der Waals surface area contributed by atoms with E-state index in [1.54, 1.807) is 38.2 Å². The molecule has 2 aromatic carbocycles. The number of hydrogen-bond donors (Lipinski definition) is 2. The van der Waals surface area contributed by atoms with Gasteiger partial charge in [0.1, 0.15) is 5.82 Å². The fourth-order valence-electron chi connectivity index (χ4n) is 2.95. The predicted octanol–water partition coefficient (Wildman–Crippen LogP) is 3.80. The zero-order valence-electron chi connectivity index (χ0n) is 17.4. The lowest BCUT2D eigenvalue weighted by atomic mass is 9.84. The third-order valence-corrected chi connectivity index (χ3v) is 5.90. The zero-order valence-corrected chi connectivity index (χ0v) is 20.6. The molecular formula is C21H29FIN3O2S. The number of nitrogens with zero attached hydrogens (tertiary/aromatic N) is 1. The average molecular weight is 533 g/mol. The van der Waals surface area contributed by atoms with Crippen LogP contribution in [0.5, 0.6) is 0 Å². The fourth-order valence-corrected chi connectivity index (χ4v) is 3.91. The summed E-state index contributed by atoms with van der Waals surface area (Å²) >= 11 is 0. The van der Waals surface area contributed by atoms with Gasteiger partial charge < -0.3 is 10.6 Å². The van der Waals surface area contributed by atoms with Crippen LogP contribution in [0.1, 0.15) is 30.5 Å². The molecule has 5 nitrogen and oxygen atoms in total. The highest BCUT2D eigenvalue weighted by atomic mass is 127. The van der Waals surface area contributed by atoms with E-state index >= 15 is 0 Å². The summed E-state index contributed by atoms with van der Waals surface area (Å²) in [6.07, 6.45) is 1.21. The molecule has 29 heavy (non-hydrogen) atoms. The Morgan fingerprint density at radius 2 is 1.72 bits per heavy atom. The summed E-state index contributed by atoms with van der Waals surface area (Å²) in [6, 6.07) is 11.8. The van der Waals surface area contributed by atoms with Gasteiger partial charge in [-0.2, -0.15) is 0 Å². The second-order valence-corrected chi connectivity index (χ2v) is 9.53. The molecule has 0 unspecified atom stereocenters. The van der Waals surface area contributed by atoms with Crippen LogP contribution < -0.4 is 10.6 Å². The minimum atomic E-state index is -3.22. The molecule has 0 atom stereocenters. The minimum Gasteiger partial charge on any atom is -0.356 e. The number of aliphatic imine (C=N–C) groups is 1. The second kappa shape index (κ2) is 10.4. The molecule has 160 valence electrons.